The second-order valence-corrected chi connectivity index (χ2v) is 3.85. The van der Waals surface area contributed by atoms with Gasteiger partial charge in [-0.05, 0) is 6.42 Å². The van der Waals surface area contributed by atoms with Crippen LogP contribution in [0.4, 0.5) is 0 Å². The lowest BCUT2D eigenvalue weighted by Crippen LogP contribution is -2.23. The van der Waals surface area contributed by atoms with Crippen LogP contribution in [0.3, 0.4) is 0 Å². The van der Waals surface area contributed by atoms with Crippen molar-refractivity contribution in [1.82, 2.24) is 0 Å². The smallest absolute Gasteiger partial charge is 0.0582 e. The molecule has 1 unspecified atom stereocenters. The Labute approximate surface area is 94.7 Å². The summed E-state index contributed by atoms with van der Waals surface area (Å²) in [5, 5.41) is 8.68. The molecule has 0 aliphatic heterocycles. The Bertz CT molecular complexity index is 101. The standard InChI is InChI=1S/C11H25NO.ClH/c1-2-3-4-5-6-7-8-9-11(12)10-13;/h11,13H,2-10,12H2,1H3;1H. The van der Waals surface area contributed by atoms with E-state index in [1.165, 1.54) is 44.9 Å². The second kappa shape index (κ2) is 13.2. The van der Waals surface area contributed by atoms with Crippen LogP contribution in [-0.2, 0) is 0 Å². The lowest BCUT2D eigenvalue weighted by atomic mass is 10.1. The van der Waals surface area contributed by atoms with Crippen LogP contribution < -0.4 is 5.73 Å². The molecule has 0 fully saturated rings. The molecule has 0 bridgehead atoms. The quantitative estimate of drug-likeness (QED) is 0.591. The first-order valence-corrected chi connectivity index (χ1v) is 5.67. The van der Waals surface area contributed by atoms with Gasteiger partial charge < -0.3 is 10.8 Å². The Morgan fingerprint density at radius 3 is 2.00 bits per heavy atom. The van der Waals surface area contributed by atoms with Gasteiger partial charge in [-0.15, -0.1) is 12.4 Å². The minimum absolute atomic E-state index is 0. The molecule has 1 atom stereocenters. The number of rotatable bonds is 9. The van der Waals surface area contributed by atoms with E-state index in [2.05, 4.69) is 6.92 Å². The lowest BCUT2D eigenvalue weighted by Gasteiger charge is -2.06. The van der Waals surface area contributed by atoms with Crippen LogP contribution >= 0.6 is 12.4 Å². The Kier molecular flexibility index (Phi) is 15.7. The topological polar surface area (TPSA) is 46.2 Å². The van der Waals surface area contributed by atoms with Crippen molar-refractivity contribution in [3.8, 4) is 0 Å². The zero-order valence-electron chi connectivity index (χ0n) is 9.37. The molecular formula is C11H26ClNO. The van der Waals surface area contributed by atoms with Gasteiger partial charge in [-0.25, -0.2) is 0 Å². The van der Waals surface area contributed by atoms with Gasteiger partial charge in [0.15, 0.2) is 0 Å². The predicted molar refractivity (Wildman–Crippen MR) is 64.9 cm³/mol. The Morgan fingerprint density at radius 2 is 1.50 bits per heavy atom. The number of aliphatic hydroxyl groups is 1. The van der Waals surface area contributed by atoms with E-state index >= 15 is 0 Å². The third kappa shape index (κ3) is 12.2. The maximum atomic E-state index is 8.68. The highest BCUT2D eigenvalue weighted by molar-refractivity contribution is 5.85. The highest BCUT2D eigenvalue weighted by atomic mass is 35.5. The molecular weight excluding hydrogens is 198 g/mol. The molecule has 3 heteroatoms. The highest BCUT2D eigenvalue weighted by Crippen LogP contribution is 2.08. The zero-order valence-corrected chi connectivity index (χ0v) is 10.2. The van der Waals surface area contributed by atoms with Crippen LogP contribution in [0, 0.1) is 0 Å². The maximum absolute atomic E-state index is 8.68. The average Bonchev–Trinajstić information content (AvgIpc) is 2.16. The molecule has 3 N–H and O–H groups in total. The summed E-state index contributed by atoms with van der Waals surface area (Å²) in [5.41, 5.74) is 5.59. The fraction of sp³-hybridized carbons (Fsp3) is 1.00. The van der Waals surface area contributed by atoms with Crippen molar-refractivity contribution in [1.29, 1.82) is 0 Å². The molecule has 0 amide bonds. The summed E-state index contributed by atoms with van der Waals surface area (Å²) in [4.78, 5) is 0. The maximum Gasteiger partial charge on any atom is 0.0582 e. The van der Waals surface area contributed by atoms with E-state index in [-0.39, 0.29) is 25.1 Å². The first-order valence-electron chi connectivity index (χ1n) is 5.67. The van der Waals surface area contributed by atoms with E-state index in [1.807, 2.05) is 0 Å². The predicted octanol–water partition coefficient (Wildman–Crippen LogP) is 2.87. The van der Waals surface area contributed by atoms with Gasteiger partial charge in [0.1, 0.15) is 0 Å². The molecule has 0 aromatic carbocycles. The van der Waals surface area contributed by atoms with E-state index < -0.39 is 0 Å². The molecule has 0 spiro atoms. The Hall–Kier alpha value is 0.210. The van der Waals surface area contributed by atoms with Crippen LogP contribution in [-0.4, -0.2) is 17.8 Å². The largest absolute Gasteiger partial charge is 0.395 e. The third-order valence-corrected chi connectivity index (χ3v) is 2.41. The van der Waals surface area contributed by atoms with Gasteiger partial charge in [-0.2, -0.15) is 0 Å². The second-order valence-electron chi connectivity index (χ2n) is 3.85. The Balaban J connectivity index is 0. The number of halogens is 1. The number of hydrogen-bond donors (Lipinski definition) is 2. The summed E-state index contributed by atoms with van der Waals surface area (Å²) >= 11 is 0. The van der Waals surface area contributed by atoms with E-state index in [0.717, 1.165) is 6.42 Å². The summed E-state index contributed by atoms with van der Waals surface area (Å²) in [7, 11) is 0. The monoisotopic (exact) mass is 223 g/mol. The van der Waals surface area contributed by atoms with Crippen molar-refractivity contribution in [2.45, 2.75) is 64.3 Å². The van der Waals surface area contributed by atoms with Gasteiger partial charge >= 0.3 is 0 Å². The molecule has 0 aliphatic carbocycles. The lowest BCUT2D eigenvalue weighted by molar-refractivity contribution is 0.257. The first-order chi connectivity index (χ1) is 6.31. The molecule has 0 rings (SSSR count). The highest BCUT2D eigenvalue weighted by Gasteiger charge is 1.98. The van der Waals surface area contributed by atoms with Crippen LogP contribution in [0.15, 0.2) is 0 Å². The van der Waals surface area contributed by atoms with Crippen molar-refractivity contribution in [3.63, 3.8) is 0 Å². The molecule has 0 aliphatic rings. The van der Waals surface area contributed by atoms with Crippen molar-refractivity contribution in [2.75, 3.05) is 6.61 Å². The molecule has 0 radical (unpaired) electrons. The van der Waals surface area contributed by atoms with Crippen LogP contribution in [0.2, 0.25) is 0 Å². The average molecular weight is 224 g/mol. The van der Waals surface area contributed by atoms with Gasteiger partial charge in [-0.3, -0.25) is 0 Å². The molecule has 88 valence electrons. The minimum atomic E-state index is 0. The van der Waals surface area contributed by atoms with Crippen molar-refractivity contribution >= 4 is 12.4 Å². The summed E-state index contributed by atoms with van der Waals surface area (Å²) < 4.78 is 0. The first kappa shape index (κ1) is 16.6. The van der Waals surface area contributed by atoms with Crippen LogP contribution in [0.1, 0.15) is 58.3 Å². The number of aliphatic hydroxyl groups excluding tert-OH is 1. The van der Waals surface area contributed by atoms with Crippen molar-refractivity contribution < 1.29 is 5.11 Å². The molecule has 0 saturated carbocycles. The Morgan fingerprint density at radius 1 is 1.00 bits per heavy atom. The zero-order chi connectivity index (χ0) is 9.94. The molecule has 0 aromatic rings. The fourth-order valence-electron chi connectivity index (χ4n) is 1.45. The number of nitrogens with two attached hydrogens (primary N) is 1. The van der Waals surface area contributed by atoms with Gasteiger partial charge in [0.2, 0.25) is 0 Å². The van der Waals surface area contributed by atoms with E-state index in [4.69, 9.17) is 10.8 Å². The molecule has 0 saturated heterocycles. The molecule has 14 heavy (non-hydrogen) atoms. The summed E-state index contributed by atoms with van der Waals surface area (Å²) in [6, 6.07) is 0.00985. The molecule has 0 heterocycles. The van der Waals surface area contributed by atoms with Crippen LogP contribution in [0.25, 0.3) is 0 Å². The van der Waals surface area contributed by atoms with E-state index in [0.29, 0.717) is 0 Å². The fourth-order valence-corrected chi connectivity index (χ4v) is 1.45. The number of hydrogen-bond acceptors (Lipinski definition) is 2. The SMILES string of the molecule is CCCCCCCCCC(N)CO.Cl. The summed E-state index contributed by atoms with van der Waals surface area (Å²) in [5.74, 6) is 0. The van der Waals surface area contributed by atoms with Gasteiger partial charge in [-0.1, -0.05) is 51.9 Å². The van der Waals surface area contributed by atoms with Gasteiger partial charge in [0, 0.05) is 6.04 Å². The van der Waals surface area contributed by atoms with E-state index in [9.17, 15) is 0 Å². The number of unbranched alkanes of at least 4 members (excludes halogenated alkanes) is 6. The molecule has 0 aromatic heterocycles. The third-order valence-electron chi connectivity index (χ3n) is 2.41. The van der Waals surface area contributed by atoms with Gasteiger partial charge in [0.25, 0.3) is 0 Å². The van der Waals surface area contributed by atoms with Crippen molar-refractivity contribution in [2.24, 2.45) is 5.73 Å². The normalized spacial score (nSPS) is 12.2. The van der Waals surface area contributed by atoms with Gasteiger partial charge in [0.05, 0.1) is 6.61 Å². The van der Waals surface area contributed by atoms with Crippen molar-refractivity contribution in [3.05, 3.63) is 0 Å². The minimum Gasteiger partial charge on any atom is -0.395 e. The summed E-state index contributed by atoms with van der Waals surface area (Å²) in [6.07, 6.45) is 10.2. The van der Waals surface area contributed by atoms with E-state index in [1.54, 1.807) is 0 Å². The molecule has 2 nitrogen and oxygen atoms in total. The van der Waals surface area contributed by atoms with Crippen LogP contribution in [0.5, 0.6) is 0 Å². The summed E-state index contributed by atoms with van der Waals surface area (Å²) in [6.45, 7) is 2.37.